The maximum Gasteiger partial charge on any atom is 0.275 e. The van der Waals surface area contributed by atoms with Gasteiger partial charge in [-0.2, -0.15) is 0 Å². The zero-order chi connectivity index (χ0) is 27.0. The van der Waals surface area contributed by atoms with E-state index < -0.39 is 0 Å². The molecule has 0 atom stereocenters. The second-order valence-electron chi connectivity index (χ2n) is 9.62. The standard InChI is InChI=1S/C27H36N6O3S/c1-6-27(4,5)30-25(35)15-32-18-29-20(3)23(32)14-28-24(34)16-33-19(2)12-13-22(26(33)36)31-37-17-21-10-8-7-9-11-21/h7-13,18,31H,6,14-17H2,1-5H3,(H,28,34)(H,30,35). The molecule has 3 rings (SSSR count). The van der Waals surface area contributed by atoms with Crippen molar-refractivity contribution >= 4 is 29.4 Å². The number of aryl methyl sites for hydroxylation is 2. The Morgan fingerprint density at radius 1 is 1.03 bits per heavy atom. The van der Waals surface area contributed by atoms with Crippen LogP contribution in [0.1, 0.15) is 49.8 Å². The second-order valence-corrected chi connectivity index (χ2v) is 10.4. The summed E-state index contributed by atoms with van der Waals surface area (Å²) in [5.74, 6) is 0.284. The molecule has 0 saturated carbocycles. The monoisotopic (exact) mass is 524 g/mol. The van der Waals surface area contributed by atoms with Crippen LogP contribution in [0.15, 0.2) is 53.6 Å². The Bertz CT molecular complexity index is 1280. The van der Waals surface area contributed by atoms with Crippen LogP contribution in [0.25, 0.3) is 0 Å². The maximum atomic E-state index is 13.0. The van der Waals surface area contributed by atoms with Gasteiger partial charge in [0.05, 0.1) is 24.3 Å². The molecule has 37 heavy (non-hydrogen) atoms. The van der Waals surface area contributed by atoms with Crippen LogP contribution in [0.5, 0.6) is 0 Å². The molecule has 0 saturated heterocycles. The molecule has 0 fully saturated rings. The molecule has 0 aliphatic carbocycles. The third-order valence-electron chi connectivity index (χ3n) is 6.24. The number of nitrogens with one attached hydrogen (secondary N) is 3. The fourth-order valence-corrected chi connectivity index (χ4v) is 4.37. The van der Waals surface area contributed by atoms with Crippen molar-refractivity contribution in [2.75, 3.05) is 4.72 Å². The highest BCUT2D eigenvalue weighted by atomic mass is 32.2. The van der Waals surface area contributed by atoms with Gasteiger partial charge in [-0.1, -0.05) is 37.3 Å². The summed E-state index contributed by atoms with van der Waals surface area (Å²) in [6, 6.07) is 13.5. The Morgan fingerprint density at radius 3 is 2.46 bits per heavy atom. The second kappa shape index (κ2) is 12.6. The lowest BCUT2D eigenvalue weighted by Gasteiger charge is -2.24. The van der Waals surface area contributed by atoms with Crippen LogP contribution in [0.4, 0.5) is 5.69 Å². The van der Waals surface area contributed by atoms with Crippen molar-refractivity contribution in [2.24, 2.45) is 0 Å². The van der Waals surface area contributed by atoms with Crippen LogP contribution in [-0.2, 0) is 35.0 Å². The highest BCUT2D eigenvalue weighted by Crippen LogP contribution is 2.15. The van der Waals surface area contributed by atoms with E-state index in [9.17, 15) is 14.4 Å². The molecular weight excluding hydrogens is 488 g/mol. The number of nitrogens with zero attached hydrogens (tertiary/aromatic N) is 3. The summed E-state index contributed by atoms with van der Waals surface area (Å²) in [7, 11) is 0. The van der Waals surface area contributed by atoms with Crippen LogP contribution in [0.2, 0.25) is 0 Å². The first-order valence-electron chi connectivity index (χ1n) is 12.3. The first-order valence-corrected chi connectivity index (χ1v) is 13.3. The van der Waals surface area contributed by atoms with Crippen molar-refractivity contribution in [1.29, 1.82) is 0 Å². The topological polar surface area (TPSA) is 110 Å². The van der Waals surface area contributed by atoms with Gasteiger partial charge in [-0.25, -0.2) is 4.98 Å². The van der Waals surface area contributed by atoms with Gasteiger partial charge in [-0.3, -0.25) is 14.4 Å². The maximum absolute atomic E-state index is 13.0. The molecule has 0 bridgehead atoms. The SMILES string of the molecule is CCC(C)(C)NC(=O)Cn1cnc(C)c1CNC(=O)Cn1c(C)ccc(NSCc2ccccc2)c1=O. The summed E-state index contributed by atoms with van der Waals surface area (Å²) >= 11 is 1.42. The van der Waals surface area contributed by atoms with E-state index in [1.165, 1.54) is 16.5 Å². The molecule has 9 nitrogen and oxygen atoms in total. The highest BCUT2D eigenvalue weighted by Gasteiger charge is 2.19. The molecule has 198 valence electrons. The Hall–Kier alpha value is -3.53. The van der Waals surface area contributed by atoms with Crippen molar-refractivity contribution < 1.29 is 9.59 Å². The van der Waals surface area contributed by atoms with Gasteiger partial charge < -0.3 is 24.5 Å². The minimum Gasteiger partial charge on any atom is -0.350 e. The van der Waals surface area contributed by atoms with E-state index in [1.807, 2.05) is 64.1 Å². The summed E-state index contributed by atoms with van der Waals surface area (Å²) in [4.78, 5) is 42.6. The van der Waals surface area contributed by atoms with E-state index in [2.05, 4.69) is 20.3 Å². The van der Waals surface area contributed by atoms with E-state index in [4.69, 9.17) is 0 Å². The van der Waals surface area contributed by atoms with Gasteiger partial charge >= 0.3 is 0 Å². The van der Waals surface area contributed by atoms with Crippen LogP contribution in [-0.4, -0.2) is 31.5 Å². The Balaban J connectivity index is 1.60. The molecule has 0 unspecified atom stereocenters. The number of carbonyl (C=O) groups excluding carboxylic acids is 2. The summed E-state index contributed by atoms with van der Waals surface area (Å²) in [5.41, 5.74) is 3.19. The van der Waals surface area contributed by atoms with Gasteiger partial charge in [0, 0.05) is 17.0 Å². The minimum atomic E-state index is -0.303. The predicted octanol–water partition coefficient (Wildman–Crippen LogP) is 3.54. The van der Waals surface area contributed by atoms with E-state index in [-0.39, 0.29) is 42.5 Å². The van der Waals surface area contributed by atoms with Crippen LogP contribution in [0, 0.1) is 13.8 Å². The number of hydrogen-bond acceptors (Lipinski definition) is 6. The lowest BCUT2D eigenvalue weighted by Crippen LogP contribution is -2.44. The number of aromatic nitrogens is 3. The van der Waals surface area contributed by atoms with Crippen molar-refractivity contribution in [3.05, 3.63) is 81.8 Å². The van der Waals surface area contributed by atoms with E-state index in [1.54, 1.807) is 23.9 Å². The predicted molar refractivity (Wildman–Crippen MR) is 148 cm³/mol. The summed E-state index contributed by atoms with van der Waals surface area (Å²) in [6.07, 6.45) is 2.41. The Labute approximate surface area is 222 Å². The first-order chi connectivity index (χ1) is 17.6. The molecule has 0 aliphatic heterocycles. The summed E-state index contributed by atoms with van der Waals surface area (Å²) in [5, 5.41) is 5.88. The molecular formula is C27H36N6O3S. The van der Waals surface area contributed by atoms with Crippen LogP contribution < -0.4 is 20.9 Å². The molecule has 0 spiro atoms. The zero-order valence-corrected chi connectivity index (χ0v) is 22.9. The van der Waals surface area contributed by atoms with E-state index in [0.29, 0.717) is 17.1 Å². The first kappa shape index (κ1) is 28.0. The zero-order valence-electron chi connectivity index (χ0n) is 22.1. The molecule has 0 aliphatic rings. The lowest BCUT2D eigenvalue weighted by atomic mass is 10.0. The van der Waals surface area contributed by atoms with E-state index >= 15 is 0 Å². The number of anilines is 1. The quantitative estimate of drug-likeness (QED) is 0.313. The average molecular weight is 525 g/mol. The molecule has 10 heteroatoms. The van der Waals surface area contributed by atoms with Crippen molar-refractivity contribution in [1.82, 2.24) is 24.8 Å². The number of carbonyl (C=O) groups is 2. The van der Waals surface area contributed by atoms with Crippen molar-refractivity contribution in [3.63, 3.8) is 0 Å². The Kier molecular flexibility index (Phi) is 9.57. The molecule has 2 amide bonds. The summed E-state index contributed by atoms with van der Waals surface area (Å²) in [6.45, 7) is 9.81. The lowest BCUT2D eigenvalue weighted by molar-refractivity contribution is -0.123. The number of imidazole rings is 1. The van der Waals surface area contributed by atoms with Crippen LogP contribution >= 0.6 is 11.9 Å². The van der Waals surface area contributed by atoms with Gasteiger partial charge in [0.15, 0.2) is 0 Å². The average Bonchev–Trinajstić information content (AvgIpc) is 3.20. The van der Waals surface area contributed by atoms with Crippen molar-refractivity contribution in [3.8, 4) is 0 Å². The number of amides is 2. The van der Waals surface area contributed by atoms with Gasteiger partial charge in [0.25, 0.3) is 5.56 Å². The molecule has 0 radical (unpaired) electrons. The molecule has 1 aromatic carbocycles. The smallest absolute Gasteiger partial charge is 0.275 e. The molecule has 2 heterocycles. The highest BCUT2D eigenvalue weighted by molar-refractivity contribution is 7.99. The van der Waals surface area contributed by atoms with E-state index in [0.717, 1.165) is 23.4 Å². The van der Waals surface area contributed by atoms with Gasteiger partial charge in [-0.15, -0.1) is 0 Å². The van der Waals surface area contributed by atoms with Gasteiger partial charge in [0.1, 0.15) is 18.8 Å². The van der Waals surface area contributed by atoms with Gasteiger partial charge in [-0.05, 0) is 63.8 Å². The number of benzene rings is 1. The molecule has 3 N–H and O–H groups in total. The van der Waals surface area contributed by atoms with Crippen LogP contribution in [0.3, 0.4) is 0 Å². The van der Waals surface area contributed by atoms with Crippen molar-refractivity contribution in [2.45, 2.75) is 72.0 Å². The number of pyridine rings is 1. The largest absolute Gasteiger partial charge is 0.350 e. The minimum absolute atomic E-state index is 0.109. The third-order valence-corrected chi connectivity index (χ3v) is 7.08. The number of rotatable bonds is 12. The fourth-order valence-electron chi connectivity index (χ4n) is 3.63. The fraction of sp³-hybridized carbons (Fsp3) is 0.407. The molecule has 3 aromatic rings. The van der Waals surface area contributed by atoms with Gasteiger partial charge in [0.2, 0.25) is 11.8 Å². The Morgan fingerprint density at radius 2 is 1.76 bits per heavy atom. The number of hydrogen-bond donors (Lipinski definition) is 3. The summed E-state index contributed by atoms with van der Waals surface area (Å²) < 4.78 is 6.30. The molecule has 2 aromatic heterocycles. The normalized spacial score (nSPS) is 11.3. The third kappa shape index (κ3) is 7.98.